The number of rotatable bonds is 2. The Morgan fingerprint density at radius 1 is 1.64 bits per heavy atom. The van der Waals surface area contributed by atoms with Gasteiger partial charge in [-0.2, -0.15) is 0 Å². The molecule has 1 atom stereocenters. The maximum Gasteiger partial charge on any atom is 0.158 e. The normalized spacial score (nSPS) is 25.5. The molecule has 0 amide bonds. The van der Waals surface area contributed by atoms with Crippen molar-refractivity contribution >= 4 is 0 Å². The highest BCUT2D eigenvalue weighted by atomic mass is 16.3. The van der Waals surface area contributed by atoms with Crippen molar-refractivity contribution < 1.29 is 5.11 Å². The summed E-state index contributed by atoms with van der Waals surface area (Å²) in [5.74, 6) is 0.688. The van der Waals surface area contributed by atoms with E-state index in [-0.39, 0.29) is 6.61 Å². The Morgan fingerprint density at radius 2 is 2.43 bits per heavy atom. The van der Waals surface area contributed by atoms with Crippen LogP contribution in [0.3, 0.4) is 0 Å². The number of aliphatic hydroxyl groups excluding tert-OH is 1. The Hall–Kier alpha value is -0.900. The van der Waals surface area contributed by atoms with E-state index in [1.807, 2.05) is 4.57 Å². The third-order valence-electron chi connectivity index (χ3n) is 3.12. The Bertz CT molecular complexity index is 319. The molecule has 1 N–H and O–H groups in total. The fraction of sp³-hybridized carbons (Fsp3) is 0.800. The van der Waals surface area contributed by atoms with Crippen LogP contribution < -0.4 is 0 Å². The second-order valence-electron chi connectivity index (χ2n) is 4.87. The smallest absolute Gasteiger partial charge is 0.158 e. The van der Waals surface area contributed by atoms with Gasteiger partial charge < -0.3 is 9.67 Å². The van der Waals surface area contributed by atoms with Gasteiger partial charge >= 0.3 is 0 Å². The summed E-state index contributed by atoms with van der Waals surface area (Å²) in [6.07, 6.45) is 5.29. The molecule has 4 nitrogen and oxygen atoms in total. The molecule has 0 spiro atoms. The van der Waals surface area contributed by atoms with E-state index in [0.717, 1.165) is 12.8 Å². The van der Waals surface area contributed by atoms with Gasteiger partial charge in [-0.05, 0) is 24.7 Å². The first-order chi connectivity index (χ1) is 6.62. The number of aromatic nitrogens is 3. The molecular weight excluding hydrogens is 178 g/mol. The maximum atomic E-state index is 9.07. The fourth-order valence-electron chi connectivity index (χ4n) is 2.32. The Balaban J connectivity index is 2.17. The van der Waals surface area contributed by atoms with Crippen LogP contribution in [0, 0.1) is 5.41 Å². The predicted molar refractivity (Wildman–Crippen MR) is 52.6 cm³/mol. The largest absolute Gasteiger partial charge is 0.388 e. The van der Waals surface area contributed by atoms with Crippen molar-refractivity contribution in [2.75, 3.05) is 0 Å². The van der Waals surface area contributed by atoms with Gasteiger partial charge in [-0.25, -0.2) is 0 Å². The standard InChI is InChI=1S/C10H17N3O/c1-10(2)4-3-8(5-10)13-7-11-12-9(13)6-14/h7-8,14H,3-6H2,1-2H3. The lowest BCUT2D eigenvalue weighted by Crippen LogP contribution is -2.11. The van der Waals surface area contributed by atoms with Crippen molar-refractivity contribution in [2.24, 2.45) is 5.41 Å². The van der Waals surface area contributed by atoms with Gasteiger partial charge in [0.2, 0.25) is 0 Å². The average molecular weight is 195 g/mol. The Labute approximate surface area is 84.0 Å². The highest BCUT2D eigenvalue weighted by Gasteiger charge is 2.32. The van der Waals surface area contributed by atoms with Crippen LogP contribution in [0.1, 0.15) is 45.0 Å². The van der Waals surface area contributed by atoms with Crippen LogP contribution in [0.2, 0.25) is 0 Å². The third-order valence-corrected chi connectivity index (χ3v) is 3.12. The summed E-state index contributed by atoms with van der Waals surface area (Å²) >= 11 is 0. The molecule has 1 aromatic heterocycles. The van der Waals surface area contributed by atoms with Crippen LogP contribution in [-0.4, -0.2) is 19.9 Å². The molecule has 1 heterocycles. The summed E-state index contributed by atoms with van der Waals surface area (Å²) in [7, 11) is 0. The van der Waals surface area contributed by atoms with Crippen LogP contribution >= 0.6 is 0 Å². The highest BCUT2D eigenvalue weighted by molar-refractivity contribution is 4.93. The quantitative estimate of drug-likeness (QED) is 0.778. The summed E-state index contributed by atoms with van der Waals surface area (Å²) in [6, 6.07) is 0.474. The molecule has 1 aliphatic carbocycles. The molecule has 1 aromatic rings. The zero-order valence-corrected chi connectivity index (χ0v) is 8.77. The van der Waals surface area contributed by atoms with E-state index < -0.39 is 0 Å². The van der Waals surface area contributed by atoms with E-state index in [1.165, 1.54) is 6.42 Å². The molecule has 1 fully saturated rings. The molecule has 0 aliphatic heterocycles. The zero-order valence-electron chi connectivity index (χ0n) is 8.77. The first-order valence-corrected chi connectivity index (χ1v) is 5.12. The fourth-order valence-corrected chi connectivity index (χ4v) is 2.32. The second kappa shape index (κ2) is 3.35. The summed E-state index contributed by atoms with van der Waals surface area (Å²) in [4.78, 5) is 0. The lowest BCUT2D eigenvalue weighted by atomic mass is 9.92. The Kier molecular flexibility index (Phi) is 2.31. The minimum absolute atomic E-state index is 0.0169. The van der Waals surface area contributed by atoms with E-state index in [4.69, 9.17) is 5.11 Å². The highest BCUT2D eigenvalue weighted by Crippen LogP contribution is 2.43. The zero-order chi connectivity index (χ0) is 10.2. The van der Waals surface area contributed by atoms with E-state index in [9.17, 15) is 0 Å². The van der Waals surface area contributed by atoms with E-state index in [1.54, 1.807) is 6.33 Å². The molecule has 14 heavy (non-hydrogen) atoms. The van der Waals surface area contributed by atoms with Crippen LogP contribution in [-0.2, 0) is 6.61 Å². The molecule has 78 valence electrons. The lowest BCUT2D eigenvalue weighted by molar-refractivity contribution is 0.257. The van der Waals surface area contributed by atoms with Crippen molar-refractivity contribution in [3.05, 3.63) is 12.2 Å². The first kappa shape index (κ1) is 9.65. The lowest BCUT2D eigenvalue weighted by Gasteiger charge is -2.18. The topological polar surface area (TPSA) is 50.9 Å². The minimum Gasteiger partial charge on any atom is -0.388 e. The molecule has 1 aliphatic rings. The van der Waals surface area contributed by atoms with Gasteiger partial charge in [0.1, 0.15) is 12.9 Å². The molecule has 0 radical (unpaired) electrons. The van der Waals surface area contributed by atoms with Crippen LogP contribution in [0.4, 0.5) is 0 Å². The molecule has 4 heteroatoms. The van der Waals surface area contributed by atoms with E-state index >= 15 is 0 Å². The van der Waals surface area contributed by atoms with Crippen molar-refractivity contribution in [3.8, 4) is 0 Å². The summed E-state index contributed by atoms with van der Waals surface area (Å²) in [5.41, 5.74) is 0.418. The van der Waals surface area contributed by atoms with Gasteiger partial charge in [0.15, 0.2) is 5.82 Å². The number of hydrogen-bond donors (Lipinski definition) is 1. The van der Waals surface area contributed by atoms with E-state index in [0.29, 0.717) is 17.3 Å². The van der Waals surface area contributed by atoms with Crippen LogP contribution in [0.25, 0.3) is 0 Å². The van der Waals surface area contributed by atoms with Gasteiger partial charge in [0.05, 0.1) is 0 Å². The van der Waals surface area contributed by atoms with Crippen molar-refractivity contribution in [1.29, 1.82) is 0 Å². The van der Waals surface area contributed by atoms with Crippen molar-refractivity contribution in [1.82, 2.24) is 14.8 Å². The predicted octanol–water partition coefficient (Wildman–Crippen LogP) is 1.52. The molecule has 1 saturated carbocycles. The second-order valence-corrected chi connectivity index (χ2v) is 4.87. The van der Waals surface area contributed by atoms with E-state index in [2.05, 4.69) is 24.0 Å². The maximum absolute atomic E-state index is 9.07. The number of nitrogens with zero attached hydrogens (tertiary/aromatic N) is 3. The van der Waals surface area contributed by atoms with Gasteiger partial charge in [-0.15, -0.1) is 10.2 Å². The summed E-state index contributed by atoms with van der Waals surface area (Å²) in [6.45, 7) is 4.56. The molecule has 2 rings (SSSR count). The van der Waals surface area contributed by atoms with Crippen LogP contribution in [0.5, 0.6) is 0 Å². The first-order valence-electron chi connectivity index (χ1n) is 5.12. The summed E-state index contributed by atoms with van der Waals surface area (Å²) in [5, 5.41) is 16.8. The molecule has 0 bridgehead atoms. The van der Waals surface area contributed by atoms with Crippen molar-refractivity contribution in [2.45, 2.75) is 45.8 Å². The van der Waals surface area contributed by atoms with Gasteiger partial charge in [-0.3, -0.25) is 0 Å². The summed E-state index contributed by atoms with van der Waals surface area (Å²) < 4.78 is 2.02. The molecule has 1 unspecified atom stereocenters. The van der Waals surface area contributed by atoms with Crippen molar-refractivity contribution in [3.63, 3.8) is 0 Å². The Morgan fingerprint density at radius 3 is 3.00 bits per heavy atom. The number of aliphatic hydroxyl groups is 1. The average Bonchev–Trinajstić information content (AvgIpc) is 2.70. The number of hydrogen-bond acceptors (Lipinski definition) is 3. The van der Waals surface area contributed by atoms with Crippen LogP contribution in [0.15, 0.2) is 6.33 Å². The van der Waals surface area contributed by atoms with Gasteiger partial charge in [-0.1, -0.05) is 13.8 Å². The minimum atomic E-state index is -0.0169. The molecule has 0 saturated heterocycles. The molecule has 0 aromatic carbocycles. The van der Waals surface area contributed by atoms with Gasteiger partial charge in [0, 0.05) is 6.04 Å². The SMILES string of the molecule is CC1(C)CCC(n2cnnc2CO)C1. The monoisotopic (exact) mass is 195 g/mol. The third kappa shape index (κ3) is 1.66. The van der Waals surface area contributed by atoms with Gasteiger partial charge in [0.25, 0.3) is 0 Å². The molecular formula is C10H17N3O.